The van der Waals surface area contributed by atoms with Crippen molar-refractivity contribution in [3.05, 3.63) is 23.9 Å². The predicted octanol–water partition coefficient (Wildman–Crippen LogP) is 3.88. The minimum atomic E-state index is 0.426. The van der Waals surface area contributed by atoms with Gasteiger partial charge in [0.15, 0.2) is 0 Å². The maximum absolute atomic E-state index is 4.01. The van der Waals surface area contributed by atoms with Crippen molar-refractivity contribution in [3.8, 4) is 0 Å². The van der Waals surface area contributed by atoms with E-state index in [4.69, 9.17) is 0 Å². The van der Waals surface area contributed by atoms with Crippen molar-refractivity contribution in [2.75, 3.05) is 0 Å². The molecular formula is C13H25N. The van der Waals surface area contributed by atoms with E-state index < -0.39 is 0 Å². The third-order valence-corrected chi connectivity index (χ3v) is 2.80. The van der Waals surface area contributed by atoms with Gasteiger partial charge in [-0.25, -0.2) is 0 Å². The molecular weight excluding hydrogens is 170 g/mol. The largest absolute Gasteiger partial charge is 0.382 e. The van der Waals surface area contributed by atoms with Crippen LogP contribution in [0.1, 0.15) is 47.5 Å². The summed E-state index contributed by atoms with van der Waals surface area (Å²) in [4.78, 5) is 0. The normalized spacial score (nSPS) is 16.2. The van der Waals surface area contributed by atoms with E-state index in [1.807, 2.05) is 0 Å². The lowest BCUT2D eigenvalue weighted by atomic mass is 10.0. The summed E-state index contributed by atoms with van der Waals surface area (Å²) in [5.41, 5.74) is 2.57. The summed E-state index contributed by atoms with van der Waals surface area (Å²) in [5, 5.41) is 3.57. The van der Waals surface area contributed by atoms with Crippen LogP contribution < -0.4 is 5.32 Å². The second-order valence-corrected chi connectivity index (χ2v) is 4.00. The van der Waals surface area contributed by atoms with Gasteiger partial charge in [-0.1, -0.05) is 39.0 Å². The summed E-state index contributed by atoms with van der Waals surface area (Å²) in [6, 6.07) is 0.426. The Labute approximate surface area is 89.3 Å². The van der Waals surface area contributed by atoms with Crippen LogP contribution in [0.15, 0.2) is 23.9 Å². The van der Waals surface area contributed by atoms with Gasteiger partial charge in [0.05, 0.1) is 0 Å². The Balaban J connectivity index is 4.37. The van der Waals surface area contributed by atoms with Gasteiger partial charge in [-0.3, -0.25) is 0 Å². The van der Waals surface area contributed by atoms with Crippen LogP contribution in [0.4, 0.5) is 0 Å². The van der Waals surface area contributed by atoms with E-state index in [0.717, 1.165) is 6.42 Å². The third-order valence-electron chi connectivity index (χ3n) is 2.80. The molecule has 0 aliphatic heterocycles. The van der Waals surface area contributed by atoms with Gasteiger partial charge in [-0.05, 0) is 32.6 Å². The third kappa shape index (κ3) is 3.99. The monoisotopic (exact) mass is 195 g/mol. The molecule has 1 nitrogen and oxygen atoms in total. The Morgan fingerprint density at radius 1 is 1.36 bits per heavy atom. The van der Waals surface area contributed by atoms with E-state index in [1.54, 1.807) is 0 Å². The highest BCUT2D eigenvalue weighted by molar-refractivity contribution is 5.10. The minimum absolute atomic E-state index is 0.426. The van der Waals surface area contributed by atoms with E-state index in [9.17, 15) is 0 Å². The van der Waals surface area contributed by atoms with Gasteiger partial charge in [0.25, 0.3) is 0 Å². The van der Waals surface area contributed by atoms with Crippen LogP contribution in [0.25, 0.3) is 0 Å². The fourth-order valence-electron chi connectivity index (χ4n) is 1.50. The number of nitrogens with one attached hydrogen (secondary N) is 1. The molecule has 1 N–H and O–H groups in total. The lowest BCUT2D eigenvalue weighted by Gasteiger charge is -2.24. The zero-order valence-corrected chi connectivity index (χ0v) is 10.4. The van der Waals surface area contributed by atoms with E-state index >= 15 is 0 Å². The van der Waals surface area contributed by atoms with Crippen LogP contribution in [0.2, 0.25) is 0 Å². The maximum atomic E-state index is 4.01. The fraction of sp³-hybridized carbons (Fsp3) is 0.692. The molecule has 2 unspecified atom stereocenters. The molecule has 0 saturated heterocycles. The maximum Gasteiger partial charge on any atom is 0.0462 e. The van der Waals surface area contributed by atoms with Crippen LogP contribution >= 0.6 is 0 Å². The summed E-state index contributed by atoms with van der Waals surface area (Å²) in [7, 11) is 0. The molecule has 0 bridgehead atoms. The Kier molecular flexibility index (Phi) is 6.35. The number of hydrogen-bond donors (Lipinski definition) is 1. The van der Waals surface area contributed by atoms with Crippen LogP contribution in [-0.4, -0.2) is 6.04 Å². The molecule has 0 fully saturated rings. The van der Waals surface area contributed by atoms with Gasteiger partial charge in [-0.15, -0.1) is 0 Å². The summed E-state index contributed by atoms with van der Waals surface area (Å²) in [5.74, 6) is 0.619. The van der Waals surface area contributed by atoms with E-state index in [2.05, 4.69) is 52.6 Å². The highest BCUT2D eigenvalue weighted by Crippen LogP contribution is 2.14. The molecule has 2 atom stereocenters. The van der Waals surface area contributed by atoms with Crippen molar-refractivity contribution in [1.82, 2.24) is 5.32 Å². The molecule has 0 aromatic carbocycles. The lowest BCUT2D eigenvalue weighted by molar-refractivity contribution is 0.531. The van der Waals surface area contributed by atoms with Gasteiger partial charge >= 0.3 is 0 Å². The van der Waals surface area contributed by atoms with Crippen molar-refractivity contribution in [2.24, 2.45) is 5.92 Å². The average molecular weight is 195 g/mol. The number of rotatable bonds is 6. The topological polar surface area (TPSA) is 12.0 Å². The molecule has 0 saturated carbocycles. The standard InChI is InChI=1S/C13H25N/c1-7-11(6)13(9-3)14-12(8-2)10(4)5/h9,11-12,14H,4,7-8H2,1-3,5-6H3/b13-9+. The van der Waals surface area contributed by atoms with E-state index in [1.165, 1.54) is 17.7 Å². The molecule has 0 rings (SSSR count). The Morgan fingerprint density at radius 2 is 1.93 bits per heavy atom. The highest BCUT2D eigenvalue weighted by Gasteiger charge is 2.11. The number of allylic oxidation sites excluding steroid dienone is 2. The average Bonchev–Trinajstić information content (AvgIpc) is 2.18. The Bertz CT molecular complexity index is 203. The fourth-order valence-corrected chi connectivity index (χ4v) is 1.50. The van der Waals surface area contributed by atoms with E-state index in [0.29, 0.717) is 12.0 Å². The van der Waals surface area contributed by atoms with Gasteiger partial charge in [0.1, 0.15) is 0 Å². The zero-order valence-electron chi connectivity index (χ0n) is 10.4. The highest BCUT2D eigenvalue weighted by atomic mass is 14.9. The smallest absolute Gasteiger partial charge is 0.0462 e. The molecule has 0 aromatic heterocycles. The van der Waals surface area contributed by atoms with Gasteiger partial charge in [0, 0.05) is 11.7 Å². The van der Waals surface area contributed by atoms with Crippen molar-refractivity contribution >= 4 is 0 Å². The van der Waals surface area contributed by atoms with Gasteiger partial charge in [0.2, 0.25) is 0 Å². The van der Waals surface area contributed by atoms with Crippen molar-refractivity contribution in [2.45, 2.75) is 53.5 Å². The first-order valence-electron chi connectivity index (χ1n) is 5.64. The molecule has 0 aliphatic carbocycles. The van der Waals surface area contributed by atoms with Crippen LogP contribution in [0.5, 0.6) is 0 Å². The van der Waals surface area contributed by atoms with E-state index in [-0.39, 0.29) is 0 Å². The first-order valence-corrected chi connectivity index (χ1v) is 5.64. The molecule has 0 aliphatic rings. The second kappa shape index (κ2) is 6.69. The number of hydrogen-bond acceptors (Lipinski definition) is 1. The molecule has 82 valence electrons. The molecule has 0 radical (unpaired) electrons. The van der Waals surface area contributed by atoms with Gasteiger partial charge in [-0.2, -0.15) is 0 Å². The lowest BCUT2D eigenvalue weighted by Crippen LogP contribution is -2.31. The van der Waals surface area contributed by atoms with Crippen molar-refractivity contribution in [3.63, 3.8) is 0 Å². The summed E-state index contributed by atoms with van der Waals surface area (Å²) >= 11 is 0. The quantitative estimate of drug-likeness (QED) is 0.634. The first-order chi connectivity index (χ1) is 6.56. The summed E-state index contributed by atoms with van der Waals surface area (Å²) in [6.45, 7) is 14.9. The molecule has 0 heterocycles. The molecule has 14 heavy (non-hydrogen) atoms. The van der Waals surface area contributed by atoms with Crippen LogP contribution in [0.3, 0.4) is 0 Å². The summed E-state index contributed by atoms with van der Waals surface area (Å²) < 4.78 is 0. The van der Waals surface area contributed by atoms with Crippen LogP contribution in [0, 0.1) is 5.92 Å². The minimum Gasteiger partial charge on any atom is -0.382 e. The first kappa shape index (κ1) is 13.3. The second-order valence-electron chi connectivity index (χ2n) is 4.00. The van der Waals surface area contributed by atoms with Crippen LogP contribution in [-0.2, 0) is 0 Å². The van der Waals surface area contributed by atoms with Crippen molar-refractivity contribution in [1.29, 1.82) is 0 Å². The molecule has 0 amide bonds. The predicted molar refractivity (Wildman–Crippen MR) is 65.2 cm³/mol. The molecule has 0 spiro atoms. The van der Waals surface area contributed by atoms with Crippen molar-refractivity contribution < 1.29 is 0 Å². The molecule has 0 aromatic rings. The summed E-state index contributed by atoms with van der Waals surface area (Å²) in [6.07, 6.45) is 4.46. The Morgan fingerprint density at radius 3 is 2.21 bits per heavy atom. The zero-order chi connectivity index (χ0) is 11.1. The Hall–Kier alpha value is -0.720. The SMILES string of the molecule is C=C(C)C(CC)N/C(=C/C)C(C)CC. The molecule has 1 heteroatoms. The van der Waals surface area contributed by atoms with Gasteiger partial charge < -0.3 is 5.32 Å².